The van der Waals surface area contributed by atoms with E-state index in [-0.39, 0.29) is 40.2 Å². The largest absolute Gasteiger partial charge is 0.433 e. The Morgan fingerprint density at radius 1 is 1.09 bits per heavy atom. The molecule has 1 aliphatic carbocycles. The van der Waals surface area contributed by atoms with Crippen molar-refractivity contribution in [1.82, 2.24) is 4.90 Å². The molecule has 2 aromatic carbocycles. The molecule has 2 fully saturated rings. The fourth-order valence-corrected chi connectivity index (χ4v) is 7.07. The fraction of sp³-hybridized carbons (Fsp3) is 0.500. The Morgan fingerprint density at radius 3 is 2.49 bits per heavy atom. The van der Waals surface area contributed by atoms with E-state index >= 15 is 4.39 Å². The number of thiophene rings is 1. The topological polar surface area (TPSA) is 49.0 Å². The van der Waals surface area contributed by atoms with Crippen molar-refractivity contribution in [3.63, 3.8) is 0 Å². The first-order valence-corrected chi connectivity index (χ1v) is 15.7. The number of rotatable bonds is 9. The van der Waals surface area contributed by atoms with Crippen LogP contribution in [0.15, 0.2) is 30.3 Å². The molecule has 0 unspecified atom stereocenters. The quantitative estimate of drug-likeness (QED) is 0.186. The van der Waals surface area contributed by atoms with Crippen LogP contribution in [-0.4, -0.2) is 76.7 Å². The van der Waals surface area contributed by atoms with Crippen LogP contribution < -0.4 is 20.3 Å². The van der Waals surface area contributed by atoms with Crippen molar-refractivity contribution in [1.29, 1.82) is 0 Å². The van der Waals surface area contributed by atoms with Gasteiger partial charge in [0, 0.05) is 37.3 Å². The Labute approximate surface area is 262 Å². The second-order valence-corrected chi connectivity index (χ2v) is 12.5. The van der Waals surface area contributed by atoms with Gasteiger partial charge in [-0.15, -0.1) is 11.3 Å². The minimum atomic E-state index is -4.45. The number of hydrogen-bond donors (Lipinski definition) is 2. The molecule has 1 aliphatic heterocycles. The number of ether oxygens (including phenoxy) is 2. The first kappa shape index (κ1) is 33.0. The average Bonchev–Trinajstić information content (AvgIpc) is 3.33. The Hall–Kier alpha value is -3.34. The van der Waals surface area contributed by atoms with Gasteiger partial charge in [0.2, 0.25) is 0 Å². The van der Waals surface area contributed by atoms with Crippen LogP contribution in [-0.2, 0) is 11.2 Å². The smallest absolute Gasteiger partial charge is 0.393 e. The molecule has 6 nitrogen and oxygen atoms in total. The van der Waals surface area contributed by atoms with Gasteiger partial charge in [0.1, 0.15) is 5.82 Å². The SMILES string of the molecule is CN(C)C1CCC(Nc2cccc3c(CC(F)(F)F)c(C#CCNc4cc(F)c(N5CCOCC5)cc4OC(F)F)sc23)CC1. The Kier molecular flexibility index (Phi) is 10.6. The standard InChI is InChI=1S/C32H36F6N4O2S/c1-41(2)21-10-8-20(9-11-21)40-25-6-3-5-22-23(19-32(36,37)38)29(45-30(22)25)7-4-12-39-26-17-24(33)27(18-28(26)44-31(34)35)42-13-15-43-16-14-42/h3,5-6,17-18,20-21,31,39-40H,8-16,19H2,1-2H3. The van der Waals surface area contributed by atoms with Crippen molar-refractivity contribution in [2.75, 3.05) is 62.5 Å². The molecule has 0 bridgehead atoms. The number of nitrogens with one attached hydrogen (secondary N) is 2. The van der Waals surface area contributed by atoms with Crippen molar-refractivity contribution >= 4 is 38.5 Å². The van der Waals surface area contributed by atoms with Gasteiger partial charge >= 0.3 is 12.8 Å². The van der Waals surface area contributed by atoms with E-state index in [9.17, 15) is 22.0 Å². The van der Waals surface area contributed by atoms with Crippen molar-refractivity contribution in [3.8, 4) is 17.6 Å². The first-order chi connectivity index (χ1) is 21.5. The van der Waals surface area contributed by atoms with Crippen LogP contribution in [0.5, 0.6) is 5.75 Å². The number of benzene rings is 2. The van der Waals surface area contributed by atoms with Crippen LogP contribution in [0.2, 0.25) is 0 Å². The lowest BCUT2D eigenvalue weighted by Gasteiger charge is -2.33. The molecule has 0 spiro atoms. The summed E-state index contributed by atoms with van der Waals surface area (Å²) in [6.07, 6.45) is -1.58. The van der Waals surface area contributed by atoms with Gasteiger partial charge in [-0.25, -0.2) is 4.39 Å². The molecule has 0 radical (unpaired) electrons. The van der Waals surface area contributed by atoms with Crippen molar-refractivity contribution in [2.24, 2.45) is 0 Å². The minimum Gasteiger partial charge on any atom is -0.433 e. The molecule has 2 heterocycles. The Morgan fingerprint density at radius 2 is 1.82 bits per heavy atom. The lowest BCUT2D eigenvalue weighted by molar-refractivity contribution is -0.126. The van der Waals surface area contributed by atoms with Gasteiger partial charge in [-0.3, -0.25) is 0 Å². The van der Waals surface area contributed by atoms with Crippen molar-refractivity contribution < 1.29 is 35.8 Å². The number of nitrogens with zero attached hydrogens (tertiary/aromatic N) is 2. The van der Waals surface area contributed by atoms with E-state index in [0.29, 0.717) is 42.4 Å². The van der Waals surface area contributed by atoms with E-state index in [1.807, 2.05) is 6.07 Å². The maximum Gasteiger partial charge on any atom is 0.393 e. The van der Waals surface area contributed by atoms with Crippen LogP contribution in [0.1, 0.15) is 36.1 Å². The molecule has 1 aromatic heterocycles. The number of hydrogen-bond acceptors (Lipinski definition) is 7. The molecular weight excluding hydrogens is 618 g/mol. The number of fused-ring (bicyclic) bond motifs is 1. The molecule has 1 saturated heterocycles. The summed E-state index contributed by atoms with van der Waals surface area (Å²) in [5, 5.41) is 6.84. The van der Waals surface area contributed by atoms with E-state index in [0.717, 1.165) is 37.4 Å². The van der Waals surface area contributed by atoms with Crippen molar-refractivity contribution in [2.45, 2.75) is 57.0 Å². The lowest BCUT2D eigenvalue weighted by atomic mass is 9.90. The molecule has 5 rings (SSSR count). The summed E-state index contributed by atoms with van der Waals surface area (Å²) >= 11 is 1.19. The Balaban J connectivity index is 1.37. The first-order valence-electron chi connectivity index (χ1n) is 14.9. The lowest BCUT2D eigenvalue weighted by Crippen LogP contribution is -2.36. The third-order valence-electron chi connectivity index (χ3n) is 8.17. The summed E-state index contributed by atoms with van der Waals surface area (Å²) in [5.41, 5.74) is 0.951. The molecule has 45 heavy (non-hydrogen) atoms. The van der Waals surface area contributed by atoms with Gasteiger partial charge in [-0.2, -0.15) is 22.0 Å². The number of alkyl halides is 5. The van der Waals surface area contributed by atoms with Crippen LogP contribution >= 0.6 is 11.3 Å². The molecule has 13 heteroatoms. The van der Waals surface area contributed by atoms with Gasteiger partial charge in [0.25, 0.3) is 0 Å². The molecule has 0 atom stereocenters. The highest BCUT2D eigenvalue weighted by Gasteiger charge is 2.31. The zero-order valence-corrected chi connectivity index (χ0v) is 25.9. The van der Waals surface area contributed by atoms with Gasteiger partial charge in [-0.05, 0) is 56.8 Å². The summed E-state index contributed by atoms with van der Waals surface area (Å²) in [5.74, 6) is 4.75. The second kappa shape index (κ2) is 14.4. The zero-order chi connectivity index (χ0) is 32.1. The van der Waals surface area contributed by atoms with E-state index in [1.165, 1.54) is 17.4 Å². The predicted octanol–water partition coefficient (Wildman–Crippen LogP) is 7.33. The van der Waals surface area contributed by atoms with E-state index in [4.69, 9.17) is 4.74 Å². The zero-order valence-electron chi connectivity index (χ0n) is 25.1. The monoisotopic (exact) mass is 654 g/mol. The predicted molar refractivity (Wildman–Crippen MR) is 166 cm³/mol. The third kappa shape index (κ3) is 8.48. The summed E-state index contributed by atoms with van der Waals surface area (Å²) < 4.78 is 93.0. The molecule has 2 aliphatic rings. The normalized spacial score (nSPS) is 19.1. The highest BCUT2D eigenvalue weighted by atomic mass is 32.1. The maximum atomic E-state index is 15.0. The van der Waals surface area contributed by atoms with Crippen LogP contribution in [0, 0.1) is 17.7 Å². The molecule has 2 N–H and O–H groups in total. The van der Waals surface area contributed by atoms with E-state index < -0.39 is 25.0 Å². The van der Waals surface area contributed by atoms with Gasteiger partial charge in [0.05, 0.1) is 52.8 Å². The molecule has 244 valence electrons. The molecular formula is C32H36F6N4O2S. The fourth-order valence-electron chi connectivity index (χ4n) is 5.90. The summed E-state index contributed by atoms with van der Waals surface area (Å²) in [4.78, 5) is 4.18. The van der Waals surface area contributed by atoms with Crippen LogP contribution in [0.3, 0.4) is 0 Å². The molecule has 3 aromatic rings. The highest BCUT2D eigenvalue weighted by molar-refractivity contribution is 7.20. The van der Waals surface area contributed by atoms with Gasteiger partial charge < -0.3 is 29.9 Å². The summed E-state index contributed by atoms with van der Waals surface area (Å²) in [7, 11) is 4.14. The molecule has 1 saturated carbocycles. The van der Waals surface area contributed by atoms with Crippen LogP contribution in [0.4, 0.5) is 43.4 Å². The summed E-state index contributed by atoms with van der Waals surface area (Å²) in [6, 6.07) is 8.32. The number of anilines is 3. The summed E-state index contributed by atoms with van der Waals surface area (Å²) in [6.45, 7) is -1.74. The number of halogens is 6. The highest BCUT2D eigenvalue weighted by Crippen LogP contribution is 2.40. The second-order valence-electron chi connectivity index (χ2n) is 11.4. The maximum absolute atomic E-state index is 15.0. The van der Waals surface area contributed by atoms with E-state index in [2.05, 4.69) is 46.2 Å². The third-order valence-corrected chi connectivity index (χ3v) is 9.36. The number of morpholine rings is 1. The van der Waals surface area contributed by atoms with Gasteiger partial charge in [-0.1, -0.05) is 24.0 Å². The van der Waals surface area contributed by atoms with Crippen LogP contribution in [0.25, 0.3) is 10.1 Å². The van der Waals surface area contributed by atoms with Gasteiger partial charge in [0.15, 0.2) is 5.75 Å². The minimum absolute atomic E-state index is 0.0403. The van der Waals surface area contributed by atoms with E-state index in [1.54, 1.807) is 17.0 Å². The Bertz CT molecular complexity index is 1520. The average molecular weight is 655 g/mol. The van der Waals surface area contributed by atoms with Crippen molar-refractivity contribution in [3.05, 3.63) is 46.6 Å². The molecule has 0 amide bonds.